The zero-order valence-corrected chi connectivity index (χ0v) is 9.88. The number of pyridine rings is 1. The second-order valence-corrected chi connectivity index (χ2v) is 2.67. The summed E-state index contributed by atoms with van der Waals surface area (Å²) in [5.41, 5.74) is 6.57. The van der Waals surface area contributed by atoms with Gasteiger partial charge in [0.25, 0.3) is 0 Å². The van der Waals surface area contributed by atoms with Gasteiger partial charge in [-0.3, -0.25) is 9.78 Å². The number of esters is 1. The Labute approximate surface area is 101 Å². The van der Waals surface area contributed by atoms with Crippen molar-refractivity contribution < 1.29 is 9.53 Å². The van der Waals surface area contributed by atoms with Crippen LogP contribution in [-0.2, 0) is 9.53 Å². The number of ether oxygens (including phenoxy) is 1. The Kier molecular flexibility index (Phi) is 9.36. The first-order chi connectivity index (χ1) is 6.24. The van der Waals surface area contributed by atoms with Crippen LogP contribution in [0.25, 0.3) is 0 Å². The molecule has 6 heteroatoms. The van der Waals surface area contributed by atoms with Gasteiger partial charge in [0.2, 0.25) is 0 Å². The molecule has 0 saturated heterocycles. The number of rotatable bonds is 3. The van der Waals surface area contributed by atoms with Crippen molar-refractivity contribution in [3.63, 3.8) is 0 Å². The summed E-state index contributed by atoms with van der Waals surface area (Å²) >= 11 is 0. The number of nitrogens with zero attached hydrogens (tertiary/aromatic N) is 1. The molecule has 0 aliphatic heterocycles. The van der Waals surface area contributed by atoms with Gasteiger partial charge in [-0.2, -0.15) is 0 Å². The van der Waals surface area contributed by atoms with E-state index in [2.05, 4.69) is 9.72 Å². The lowest BCUT2D eigenvalue weighted by Gasteiger charge is -2.08. The summed E-state index contributed by atoms with van der Waals surface area (Å²) in [5.74, 6) is -0.309. The van der Waals surface area contributed by atoms with Crippen LogP contribution in [0.3, 0.4) is 0 Å². The molecular formula is C9H14Cl2N2O2. The minimum atomic E-state index is -0.332. The lowest BCUT2D eigenvalue weighted by Crippen LogP contribution is -2.16. The number of hydrogen-bond donors (Lipinski definition) is 1. The second-order valence-electron chi connectivity index (χ2n) is 2.67. The first-order valence-electron chi connectivity index (χ1n) is 3.96. The molecular weight excluding hydrogens is 239 g/mol. The molecule has 0 fully saturated rings. The van der Waals surface area contributed by atoms with Crippen LogP contribution in [0.15, 0.2) is 24.5 Å². The molecule has 0 spiro atoms. The second kappa shape index (κ2) is 8.47. The lowest BCUT2D eigenvalue weighted by atomic mass is 10.1. The predicted octanol–water partition coefficient (Wildman–Crippen LogP) is 1.49. The van der Waals surface area contributed by atoms with Gasteiger partial charge < -0.3 is 10.5 Å². The van der Waals surface area contributed by atoms with Crippen molar-refractivity contribution in [2.45, 2.75) is 12.5 Å². The van der Waals surface area contributed by atoms with Crippen LogP contribution in [0, 0.1) is 0 Å². The largest absolute Gasteiger partial charge is 0.469 e. The van der Waals surface area contributed by atoms with E-state index in [0.717, 1.165) is 5.56 Å². The molecule has 15 heavy (non-hydrogen) atoms. The Morgan fingerprint density at radius 2 is 2.27 bits per heavy atom. The number of hydrogen-bond acceptors (Lipinski definition) is 4. The van der Waals surface area contributed by atoms with E-state index in [9.17, 15) is 4.79 Å². The van der Waals surface area contributed by atoms with Crippen molar-refractivity contribution in [2.24, 2.45) is 5.73 Å². The average molecular weight is 253 g/mol. The van der Waals surface area contributed by atoms with Crippen molar-refractivity contribution in [3.8, 4) is 0 Å². The Bertz CT molecular complexity index is 283. The first kappa shape index (κ1) is 16.6. The van der Waals surface area contributed by atoms with Crippen LogP contribution in [-0.4, -0.2) is 18.1 Å². The number of carbonyl (C=O) groups excluding carboxylic acids is 1. The summed E-state index contributed by atoms with van der Waals surface area (Å²) in [4.78, 5) is 14.8. The van der Waals surface area contributed by atoms with E-state index < -0.39 is 0 Å². The minimum Gasteiger partial charge on any atom is -0.469 e. The van der Waals surface area contributed by atoms with Gasteiger partial charge in [0, 0.05) is 18.4 Å². The SMILES string of the molecule is COC(=O)CC(N)c1cccnc1.Cl.Cl. The molecule has 1 atom stereocenters. The van der Waals surface area contributed by atoms with Gasteiger partial charge in [-0.25, -0.2) is 0 Å². The van der Waals surface area contributed by atoms with Crippen LogP contribution in [0.5, 0.6) is 0 Å². The highest BCUT2D eigenvalue weighted by atomic mass is 35.5. The molecule has 0 aromatic carbocycles. The summed E-state index contributed by atoms with van der Waals surface area (Å²) in [6, 6.07) is 3.29. The van der Waals surface area contributed by atoms with Crippen LogP contribution in [0.1, 0.15) is 18.0 Å². The van der Waals surface area contributed by atoms with Gasteiger partial charge in [0.15, 0.2) is 0 Å². The molecule has 0 aliphatic carbocycles. The van der Waals surface area contributed by atoms with Crippen molar-refractivity contribution >= 4 is 30.8 Å². The van der Waals surface area contributed by atoms with E-state index in [1.807, 2.05) is 6.07 Å². The summed E-state index contributed by atoms with van der Waals surface area (Å²) in [7, 11) is 1.35. The normalized spacial score (nSPS) is 10.5. The highest BCUT2D eigenvalue weighted by molar-refractivity contribution is 5.85. The van der Waals surface area contributed by atoms with Crippen LogP contribution >= 0.6 is 24.8 Å². The molecule has 0 saturated carbocycles. The first-order valence-corrected chi connectivity index (χ1v) is 3.96. The maximum atomic E-state index is 10.9. The van der Waals surface area contributed by atoms with Gasteiger partial charge in [-0.1, -0.05) is 6.07 Å². The monoisotopic (exact) mass is 252 g/mol. The Morgan fingerprint density at radius 1 is 1.60 bits per heavy atom. The van der Waals surface area contributed by atoms with Crippen LogP contribution in [0.4, 0.5) is 0 Å². The summed E-state index contributed by atoms with van der Waals surface area (Å²) in [6.45, 7) is 0. The highest BCUT2D eigenvalue weighted by Crippen LogP contribution is 2.12. The molecule has 0 radical (unpaired) electrons. The zero-order chi connectivity index (χ0) is 9.68. The van der Waals surface area contributed by atoms with Crippen LogP contribution < -0.4 is 5.73 Å². The van der Waals surface area contributed by atoms with Gasteiger partial charge in [0.1, 0.15) is 0 Å². The van der Waals surface area contributed by atoms with E-state index >= 15 is 0 Å². The van der Waals surface area contributed by atoms with Crippen molar-refractivity contribution in [1.29, 1.82) is 0 Å². The van der Waals surface area contributed by atoms with Crippen molar-refractivity contribution in [3.05, 3.63) is 30.1 Å². The average Bonchev–Trinajstić information content (AvgIpc) is 2.19. The third kappa shape index (κ3) is 5.57. The molecule has 86 valence electrons. The molecule has 0 bridgehead atoms. The van der Waals surface area contributed by atoms with Crippen LogP contribution in [0.2, 0.25) is 0 Å². The molecule has 1 heterocycles. The summed E-state index contributed by atoms with van der Waals surface area (Å²) in [5, 5.41) is 0. The lowest BCUT2D eigenvalue weighted by molar-refractivity contribution is -0.141. The smallest absolute Gasteiger partial charge is 0.307 e. The molecule has 1 aromatic heterocycles. The number of carbonyl (C=O) groups is 1. The van der Waals surface area contributed by atoms with E-state index in [-0.39, 0.29) is 43.2 Å². The minimum absolute atomic E-state index is 0. The van der Waals surface area contributed by atoms with E-state index in [4.69, 9.17) is 5.73 Å². The van der Waals surface area contributed by atoms with E-state index in [1.54, 1.807) is 18.5 Å². The van der Waals surface area contributed by atoms with E-state index in [1.165, 1.54) is 7.11 Å². The maximum Gasteiger partial charge on any atom is 0.307 e. The summed E-state index contributed by atoms with van der Waals surface area (Å²) in [6.07, 6.45) is 3.49. The summed E-state index contributed by atoms with van der Waals surface area (Å²) < 4.78 is 4.50. The highest BCUT2D eigenvalue weighted by Gasteiger charge is 2.11. The molecule has 1 unspecified atom stereocenters. The predicted molar refractivity (Wildman–Crippen MR) is 62.3 cm³/mol. The fourth-order valence-electron chi connectivity index (χ4n) is 0.976. The Balaban J connectivity index is 0. The third-order valence-electron chi connectivity index (χ3n) is 1.73. The number of halogens is 2. The quantitative estimate of drug-likeness (QED) is 0.829. The Morgan fingerprint density at radius 3 is 2.73 bits per heavy atom. The molecule has 1 rings (SSSR count). The van der Waals surface area contributed by atoms with Crippen molar-refractivity contribution in [2.75, 3.05) is 7.11 Å². The van der Waals surface area contributed by atoms with Gasteiger partial charge >= 0.3 is 5.97 Å². The molecule has 2 N–H and O–H groups in total. The molecule has 0 aliphatic rings. The number of methoxy groups -OCH3 is 1. The number of nitrogens with two attached hydrogens (primary N) is 1. The third-order valence-corrected chi connectivity index (χ3v) is 1.73. The maximum absolute atomic E-state index is 10.9. The standard InChI is InChI=1S/C9H12N2O2.2ClH/c1-13-9(12)5-8(10)7-3-2-4-11-6-7;;/h2-4,6,8H,5,10H2,1H3;2*1H. The fraction of sp³-hybridized carbons (Fsp3) is 0.333. The van der Waals surface area contributed by atoms with E-state index in [0.29, 0.717) is 0 Å². The molecule has 4 nitrogen and oxygen atoms in total. The van der Waals surface area contributed by atoms with Gasteiger partial charge in [-0.15, -0.1) is 24.8 Å². The fourth-order valence-corrected chi connectivity index (χ4v) is 0.976. The zero-order valence-electron chi connectivity index (χ0n) is 8.25. The topological polar surface area (TPSA) is 65.2 Å². The van der Waals surface area contributed by atoms with Gasteiger partial charge in [-0.05, 0) is 11.6 Å². The molecule has 1 aromatic rings. The number of aromatic nitrogens is 1. The molecule has 0 amide bonds. The Hall–Kier alpha value is -0.840. The van der Waals surface area contributed by atoms with Gasteiger partial charge in [0.05, 0.1) is 13.5 Å². The van der Waals surface area contributed by atoms with Crippen molar-refractivity contribution in [1.82, 2.24) is 4.98 Å².